The minimum absolute atomic E-state index is 0.0880. The van der Waals surface area contributed by atoms with Crippen molar-refractivity contribution < 1.29 is 9.59 Å². The van der Waals surface area contributed by atoms with Gasteiger partial charge in [0.1, 0.15) is 11.5 Å². The Morgan fingerprint density at radius 2 is 1.96 bits per heavy atom. The van der Waals surface area contributed by atoms with Gasteiger partial charge in [0.2, 0.25) is 0 Å². The van der Waals surface area contributed by atoms with Crippen LogP contribution in [0.15, 0.2) is 18.3 Å². The average molecular weight is 378 g/mol. The van der Waals surface area contributed by atoms with Gasteiger partial charge in [-0.1, -0.05) is 26.8 Å². The Balaban J connectivity index is 1.52. The number of amides is 1. The third kappa shape index (κ3) is 3.55. The predicted molar refractivity (Wildman–Crippen MR) is 106 cm³/mol. The molecule has 2 aliphatic rings. The second-order valence-electron chi connectivity index (χ2n) is 8.33. The van der Waals surface area contributed by atoms with Gasteiger partial charge < -0.3 is 5.32 Å². The summed E-state index contributed by atoms with van der Waals surface area (Å²) >= 11 is 0. The quantitative estimate of drug-likeness (QED) is 0.883. The van der Waals surface area contributed by atoms with Gasteiger partial charge in [-0.2, -0.15) is 0 Å². The van der Waals surface area contributed by atoms with Crippen molar-refractivity contribution in [2.24, 2.45) is 5.92 Å². The molecule has 2 aromatic heterocycles. The molecule has 28 heavy (non-hydrogen) atoms. The first-order valence-corrected chi connectivity index (χ1v) is 10.1. The third-order valence-corrected chi connectivity index (χ3v) is 5.75. The zero-order chi connectivity index (χ0) is 19.8. The molecule has 0 radical (unpaired) electrons. The highest BCUT2D eigenvalue weighted by atomic mass is 16.2. The zero-order valence-corrected chi connectivity index (χ0v) is 16.7. The fourth-order valence-electron chi connectivity index (χ4n) is 4.17. The Bertz CT molecular complexity index is 938. The molecule has 1 amide bonds. The summed E-state index contributed by atoms with van der Waals surface area (Å²) in [6.45, 7) is 6.91. The molecule has 0 saturated carbocycles. The van der Waals surface area contributed by atoms with E-state index in [1.54, 1.807) is 6.20 Å². The highest BCUT2D eigenvalue weighted by Gasteiger charge is 2.29. The first kappa shape index (κ1) is 18.7. The minimum atomic E-state index is -0.0880. The molecule has 2 unspecified atom stereocenters. The molecule has 2 aromatic rings. The number of fused-ring (bicyclic) bond motifs is 2. The van der Waals surface area contributed by atoms with Gasteiger partial charge in [-0.15, -0.1) is 0 Å². The molecule has 146 valence electrons. The lowest BCUT2D eigenvalue weighted by Gasteiger charge is -2.26. The molecule has 0 aromatic carbocycles. The molecule has 6 nitrogen and oxygen atoms in total. The first-order chi connectivity index (χ1) is 13.4. The number of carbonyl (C=O) groups excluding carboxylic acids is 2. The van der Waals surface area contributed by atoms with Crippen LogP contribution < -0.4 is 5.32 Å². The van der Waals surface area contributed by atoms with Gasteiger partial charge in [0.25, 0.3) is 5.91 Å². The van der Waals surface area contributed by atoms with Gasteiger partial charge in [-0.05, 0) is 42.7 Å². The number of nitrogens with zero attached hydrogens (tertiary/aromatic N) is 3. The highest BCUT2D eigenvalue weighted by Crippen LogP contribution is 2.32. The van der Waals surface area contributed by atoms with E-state index in [-0.39, 0.29) is 29.4 Å². The van der Waals surface area contributed by atoms with Crippen LogP contribution in [-0.4, -0.2) is 33.2 Å². The molecule has 0 spiro atoms. The van der Waals surface area contributed by atoms with Crippen LogP contribution in [0.2, 0.25) is 0 Å². The molecule has 0 fully saturated rings. The number of Topliss-reactive ketones (excluding diaryl/α,β-unsaturated/α-hetero) is 1. The van der Waals surface area contributed by atoms with Crippen LogP contribution in [0.1, 0.15) is 89.1 Å². The summed E-state index contributed by atoms with van der Waals surface area (Å²) in [5, 5.41) is 2.86. The maximum Gasteiger partial charge on any atom is 0.270 e. The average Bonchev–Trinajstić information content (AvgIpc) is 2.67. The fraction of sp³-hybridized carbons (Fsp3) is 0.500. The summed E-state index contributed by atoms with van der Waals surface area (Å²) in [6.07, 6.45) is 4.68. The molecule has 4 rings (SSSR count). The number of pyridine rings is 1. The maximum absolute atomic E-state index is 12.6. The largest absolute Gasteiger partial charge is 0.350 e. The standard InChI is InChI=1S/C22H26N4O2/c1-12(2)21-24-11-16-18(26-21)9-14(10-19(16)27)8-13(3)17-5-4-15-6-7-23-22(28)20(15)25-17/h4-5,11-14H,6-10H2,1-3H3,(H,23,28). The van der Waals surface area contributed by atoms with E-state index >= 15 is 0 Å². The number of ketones is 1. The van der Waals surface area contributed by atoms with E-state index in [4.69, 9.17) is 0 Å². The summed E-state index contributed by atoms with van der Waals surface area (Å²) in [5.41, 5.74) is 4.04. The molecule has 0 bridgehead atoms. The van der Waals surface area contributed by atoms with E-state index < -0.39 is 0 Å². The highest BCUT2D eigenvalue weighted by molar-refractivity contribution is 5.98. The Kier molecular flexibility index (Phi) is 4.96. The molecule has 1 aliphatic heterocycles. The fourth-order valence-corrected chi connectivity index (χ4v) is 4.17. The van der Waals surface area contributed by atoms with Crippen molar-refractivity contribution in [3.8, 4) is 0 Å². The Hall–Kier alpha value is -2.63. The summed E-state index contributed by atoms with van der Waals surface area (Å²) in [6, 6.07) is 4.05. The van der Waals surface area contributed by atoms with Crippen LogP contribution >= 0.6 is 0 Å². The van der Waals surface area contributed by atoms with Crippen molar-refractivity contribution >= 4 is 11.7 Å². The SMILES string of the molecule is CC(C)c1ncc2c(n1)CC(CC(C)c1ccc3c(n1)C(=O)NCC3)CC2=O. The molecule has 1 aliphatic carbocycles. The predicted octanol–water partition coefficient (Wildman–Crippen LogP) is 3.22. The maximum atomic E-state index is 12.6. The third-order valence-electron chi connectivity index (χ3n) is 5.75. The van der Waals surface area contributed by atoms with Crippen molar-refractivity contribution in [2.45, 2.75) is 58.3 Å². The van der Waals surface area contributed by atoms with Gasteiger partial charge in [-0.3, -0.25) is 9.59 Å². The van der Waals surface area contributed by atoms with Crippen LogP contribution in [0.4, 0.5) is 0 Å². The van der Waals surface area contributed by atoms with E-state index in [1.165, 1.54) is 0 Å². The lowest BCUT2D eigenvalue weighted by Crippen LogP contribution is -2.33. The van der Waals surface area contributed by atoms with E-state index in [1.807, 2.05) is 12.1 Å². The van der Waals surface area contributed by atoms with E-state index in [0.29, 0.717) is 24.2 Å². The molecular formula is C22H26N4O2. The van der Waals surface area contributed by atoms with Gasteiger partial charge >= 0.3 is 0 Å². The van der Waals surface area contributed by atoms with Gasteiger partial charge in [0, 0.05) is 30.8 Å². The van der Waals surface area contributed by atoms with Crippen molar-refractivity contribution in [1.29, 1.82) is 0 Å². The molecule has 6 heteroatoms. The number of carbonyl (C=O) groups is 2. The van der Waals surface area contributed by atoms with Gasteiger partial charge in [0.15, 0.2) is 5.78 Å². The van der Waals surface area contributed by atoms with Crippen LogP contribution in [0.3, 0.4) is 0 Å². The summed E-state index contributed by atoms with van der Waals surface area (Å²) in [7, 11) is 0. The van der Waals surface area contributed by atoms with Crippen molar-refractivity contribution in [3.63, 3.8) is 0 Å². The number of rotatable bonds is 4. The molecule has 3 heterocycles. The minimum Gasteiger partial charge on any atom is -0.350 e. The van der Waals surface area contributed by atoms with Crippen LogP contribution in [0.5, 0.6) is 0 Å². The van der Waals surface area contributed by atoms with Gasteiger partial charge in [-0.25, -0.2) is 15.0 Å². The normalized spacial score (nSPS) is 19.8. The lowest BCUT2D eigenvalue weighted by atomic mass is 9.80. The molecular weight excluding hydrogens is 352 g/mol. The van der Waals surface area contributed by atoms with Crippen LogP contribution in [-0.2, 0) is 12.8 Å². The van der Waals surface area contributed by atoms with E-state index in [0.717, 1.165) is 42.0 Å². The van der Waals surface area contributed by atoms with Gasteiger partial charge in [0.05, 0.1) is 11.3 Å². The second kappa shape index (κ2) is 7.41. The Morgan fingerprint density at radius 1 is 1.14 bits per heavy atom. The van der Waals surface area contributed by atoms with Crippen LogP contribution in [0, 0.1) is 5.92 Å². The number of nitrogens with one attached hydrogen (secondary N) is 1. The smallest absolute Gasteiger partial charge is 0.270 e. The Labute approximate surface area is 165 Å². The van der Waals surface area contributed by atoms with Crippen LogP contribution in [0.25, 0.3) is 0 Å². The molecule has 2 atom stereocenters. The Morgan fingerprint density at radius 3 is 2.75 bits per heavy atom. The van der Waals surface area contributed by atoms with Crippen molar-refractivity contribution in [1.82, 2.24) is 20.3 Å². The zero-order valence-electron chi connectivity index (χ0n) is 16.7. The lowest BCUT2D eigenvalue weighted by molar-refractivity contribution is 0.0935. The summed E-state index contributed by atoms with van der Waals surface area (Å²) in [5.74, 6) is 1.48. The monoisotopic (exact) mass is 378 g/mol. The number of hydrogen-bond acceptors (Lipinski definition) is 5. The van der Waals surface area contributed by atoms with Crippen molar-refractivity contribution in [2.75, 3.05) is 6.54 Å². The van der Waals surface area contributed by atoms with E-state index in [9.17, 15) is 9.59 Å². The molecule has 0 saturated heterocycles. The topological polar surface area (TPSA) is 84.8 Å². The number of hydrogen-bond donors (Lipinski definition) is 1. The second-order valence-corrected chi connectivity index (χ2v) is 8.33. The summed E-state index contributed by atoms with van der Waals surface area (Å²) in [4.78, 5) is 38.3. The molecule has 1 N–H and O–H groups in total. The first-order valence-electron chi connectivity index (χ1n) is 10.1. The van der Waals surface area contributed by atoms with Crippen molar-refractivity contribution in [3.05, 3.63) is 52.4 Å². The van der Waals surface area contributed by atoms with E-state index in [2.05, 4.69) is 41.0 Å². The number of aromatic nitrogens is 3. The summed E-state index contributed by atoms with van der Waals surface area (Å²) < 4.78 is 0.